The second-order valence-electron chi connectivity index (χ2n) is 25.6. The van der Waals surface area contributed by atoms with Crippen LogP contribution in [0, 0.1) is 0 Å². The number of aliphatic hydroxyl groups is 1. The molecule has 0 aromatic heterocycles. The topological polar surface area (TPSA) is 105 Å². The average Bonchev–Trinajstić information content (AvgIpc) is 3.70. The van der Waals surface area contributed by atoms with Crippen LogP contribution in [0.15, 0.2) is 122 Å². The molecule has 87 heavy (non-hydrogen) atoms. The fourth-order valence-electron chi connectivity index (χ4n) is 10.3. The number of carbonyl (C=O) groups is 1. The van der Waals surface area contributed by atoms with Crippen LogP contribution in [-0.4, -0.2) is 73.4 Å². The number of nitrogens with one attached hydrogen (secondary N) is 1. The molecule has 0 aliphatic rings. The lowest BCUT2D eigenvalue weighted by Crippen LogP contribution is -2.45. The summed E-state index contributed by atoms with van der Waals surface area (Å²) in [4.78, 5) is 23.4. The predicted molar refractivity (Wildman–Crippen MR) is 382 cm³/mol. The average molecular weight is 1230 g/mol. The number of phosphoric acid groups is 1. The molecule has 0 aromatic rings. The van der Waals surface area contributed by atoms with Gasteiger partial charge in [-0.25, -0.2) is 4.57 Å². The largest absolute Gasteiger partial charge is 0.472 e. The summed E-state index contributed by atoms with van der Waals surface area (Å²) < 4.78 is 23.8. The summed E-state index contributed by atoms with van der Waals surface area (Å²) in [6.45, 7) is 4.70. The fourth-order valence-corrected chi connectivity index (χ4v) is 11.0. The highest BCUT2D eigenvalue weighted by molar-refractivity contribution is 7.47. The van der Waals surface area contributed by atoms with Crippen LogP contribution in [0.1, 0.15) is 316 Å². The molecule has 0 aliphatic carbocycles. The Bertz CT molecular complexity index is 1840. The van der Waals surface area contributed by atoms with Crippen molar-refractivity contribution >= 4 is 13.7 Å². The minimum Gasteiger partial charge on any atom is -0.387 e. The maximum Gasteiger partial charge on any atom is 0.472 e. The quantitative estimate of drug-likeness (QED) is 0.0243. The number of hydrogen-bond donors (Lipinski definition) is 3. The second-order valence-corrected chi connectivity index (χ2v) is 27.0. The van der Waals surface area contributed by atoms with Gasteiger partial charge in [-0.1, -0.05) is 334 Å². The summed E-state index contributed by atoms with van der Waals surface area (Å²) in [5.41, 5.74) is 0. The van der Waals surface area contributed by atoms with Crippen LogP contribution >= 0.6 is 7.82 Å². The molecule has 3 unspecified atom stereocenters. The second kappa shape index (κ2) is 67.3. The van der Waals surface area contributed by atoms with Gasteiger partial charge in [-0.05, 0) is 96.3 Å². The van der Waals surface area contributed by atoms with Crippen molar-refractivity contribution in [1.29, 1.82) is 0 Å². The van der Waals surface area contributed by atoms with E-state index in [9.17, 15) is 19.4 Å². The van der Waals surface area contributed by atoms with E-state index in [2.05, 4.69) is 129 Å². The molecule has 0 fully saturated rings. The first-order chi connectivity index (χ1) is 42.5. The number of quaternary nitrogens is 1. The maximum absolute atomic E-state index is 13.1. The number of unbranched alkanes of at least 4 members (excludes halogenated alkanes) is 35. The number of phosphoric ester groups is 1. The van der Waals surface area contributed by atoms with Crippen LogP contribution in [0.4, 0.5) is 0 Å². The highest BCUT2D eigenvalue weighted by Gasteiger charge is 2.28. The van der Waals surface area contributed by atoms with E-state index in [1.54, 1.807) is 6.08 Å². The van der Waals surface area contributed by atoms with Crippen LogP contribution in [0.2, 0.25) is 0 Å². The minimum absolute atomic E-state index is 0.0513. The molecule has 8 nitrogen and oxygen atoms in total. The van der Waals surface area contributed by atoms with E-state index in [1.165, 1.54) is 205 Å². The third-order valence-electron chi connectivity index (χ3n) is 15.9. The molecular weight excluding hydrogens is 1090 g/mol. The number of rotatable bonds is 66. The number of nitrogens with zero attached hydrogens (tertiary/aromatic N) is 1. The number of allylic oxidation sites excluding steroid dienone is 19. The van der Waals surface area contributed by atoms with E-state index >= 15 is 0 Å². The van der Waals surface area contributed by atoms with Gasteiger partial charge in [0.1, 0.15) is 13.2 Å². The van der Waals surface area contributed by atoms with Crippen molar-refractivity contribution in [3.05, 3.63) is 122 Å². The maximum atomic E-state index is 13.1. The molecule has 9 heteroatoms. The monoisotopic (exact) mass is 1230 g/mol. The number of aliphatic hydroxyl groups excluding tert-OH is 1. The van der Waals surface area contributed by atoms with Crippen LogP contribution in [-0.2, 0) is 18.4 Å². The van der Waals surface area contributed by atoms with E-state index in [4.69, 9.17) is 9.05 Å². The molecule has 0 saturated carbocycles. The Morgan fingerprint density at radius 1 is 0.402 bits per heavy atom. The first kappa shape index (κ1) is 83.9. The molecule has 0 saturated heterocycles. The molecule has 3 N–H and O–H groups in total. The van der Waals surface area contributed by atoms with Gasteiger partial charge < -0.3 is 19.8 Å². The standard InChI is InChI=1S/C78H139N2O6P/c1-6-8-10-12-14-16-18-20-22-24-26-28-30-32-34-36-37-38-39-40-41-42-43-44-46-48-50-52-54-56-58-60-62-64-66-68-70-72-78(82)79-76(75-86-87(83,84)85-74-73-80(3,4)5)77(81)71-69-67-65-63-61-59-57-55-53-51-49-47-45-35-33-31-29-27-25-23-21-19-17-15-13-11-9-7-2/h8,10,14,16,20,22,26,28,32,34,37-38,40-41,43-44,61,63,69,71,76-77,81H,6-7,9,11-13,15,17-19,21,23-25,27,29-31,33,35-36,39,42,45-60,62,64-68,70,72-75H2,1-5H3,(H-,79,82,83,84)/p+1/b10-8-,16-14-,22-20-,28-26-,34-32-,38-37-,41-40-,44-43-,63-61+,71-69+. The molecule has 3 atom stereocenters. The third-order valence-corrected chi connectivity index (χ3v) is 16.9. The van der Waals surface area contributed by atoms with Crippen molar-refractivity contribution in [2.24, 2.45) is 0 Å². The number of carbonyl (C=O) groups excluding carboxylic acids is 1. The van der Waals surface area contributed by atoms with Crippen molar-refractivity contribution in [3.8, 4) is 0 Å². The van der Waals surface area contributed by atoms with Gasteiger partial charge in [-0.15, -0.1) is 0 Å². The molecule has 0 bridgehead atoms. The Hall–Kier alpha value is -3.10. The Morgan fingerprint density at radius 2 is 0.701 bits per heavy atom. The first-order valence-electron chi connectivity index (χ1n) is 36.4. The molecule has 1 amide bonds. The van der Waals surface area contributed by atoms with Gasteiger partial charge in [0.05, 0.1) is 39.9 Å². The van der Waals surface area contributed by atoms with E-state index in [1.807, 2.05) is 27.2 Å². The lowest BCUT2D eigenvalue weighted by atomic mass is 10.0. The van der Waals surface area contributed by atoms with Crippen LogP contribution in [0.3, 0.4) is 0 Å². The van der Waals surface area contributed by atoms with E-state index in [0.717, 1.165) is 89.9 Å². The van der Waals surface area contributed by atoms with Gasteiger partial charge in [-0.3, -0.25) is 13.8 Å². The van der Waals surface area contributed by atoms with Crippen molar-refractivity contribution < 1.29 is 32.9 Å². The summed E-state index contributed by atoms with van der Waals surface area (Å²) in [6, 6.07) is -0.874. The van der Waals surface area contributed by atoms with Gasteiger partial charge in [0, 0.05) is 6.42 Å². The summed E-state index contributed by atoms with van der Waals surface area (Å²) in [7, 11) is 1.55. The number of amides is 1. The minimum atomic E-state index is -4.37. The molecule has 0 aromatic carbocycles. The highest BCUT2D eigenvalue weighted by Crippen LogP contribution is 2.43. The summed E-state index contributed by atoms with van der Waals surface area (Å²) in [5.74, 6) is -0.190. The van der Waals surface area contributed by atoms with Gasteiger partial charge in [-0.2, -0.15) is 0 Å². The molecule has 502 valence electrons. The lowest BCUT2D eigenvalue weighted by molar-refractivity contribution is -0.870. The van der Waals surface area contributed by atoms with Gasteiger partial charge in [0.25, 0.3) is 0 Å². The predicted octanol–water partition coefficient (Wildman–Crippen LogP) is 23.6. The molecule has 0 heterocycles. The summed E-state index contributed by atoms with van der Waals surface area (Å²) >= 11 is 0. The zero-order valence-electron chi connectivity index (χ0n) is 57.5. The van der Waals surface area contributed by atoms with Gasteiger partial charge in [0.2, 0.25) is 5.91 Å². The Kier molecular flexibility index (Phi) is 64.9. The normalized spacial score (nSPS) is 14.3. The Morgan fingerprint density at radius 3 is 1.06 bits per heavy atom. The third kappa shape index (κ3) is 70.2. The van der Waals surface area contributed by atoms with Crippen molar-refractivity contribution in [2.45, 2.75) is 328 Å². The van der Waals surface area contributed by atoms with E-state index < -0.39 is 20.0 Å². The number of hydrogen-bond acceptors (Lipinski definition) is 5. The van der Waals surface area contributed by atoms with Crippen LogP contribution in [0.25, 0.3) is 0 Å². The summed E-state index contributed by atoms with van der Waals surface area (Å²) in [6.07, 6.45) is 101. The van der Waals surface area contributed by atoms with Crippen molar-refractivity contribution in [3.63, 3.8) is 0 Å². The van der Waals surface area contributed by atoms with Crippen molar-refractivity contribution in [1.82, 2.24) is 5.32 Å². The lowest BCUT2D eigenvalue weighted by Gasteiger charge is -2.25. The smallest absolute Gasteiger partial charge is 0.387 e. The highest BCUT2D eigenvalue weighted by atomic mass is 31.2. The molecule has 0 rings (SSSR count). The Balaban J connectivity index is 4.12. The zero-order chi connectivity index (χ0) is 63.4. The molecule has 0 radical (unpaired) electrons. The SMILES string of the molecule is CC/C=C\C/C=C\C/C=C\C/C=C\C/C=C\C/C=C\C/C=C\C/C=C\CCCCCCCCCCCCCCC(=O)NC(COP(=O)(O)OCC[N+](C)(C)C)C(O)/C=C/CC/C=C/CCCCCCCCCCCCCCCCCCCCCCCC. The first-order valence-corrected chi connectivity index (χ1v) is 37.9. The van der Waals surface area contributed by atoms with Crippen LogP contribution < -0.4 is 5.32 Å². The fraction of sp³-hybridized carbons (Fsp3) is 0.731. The Labute approximate surface area is 539 Å². The van der Waals surface area contributed by atoms with Gasteiger partial charge in [0.15, 0.2) is 0 Å². The van der Waals surface area contributed by atoms with Crippen molar-refractivity contribution in [2.75, 3.05) is 40.9 Å². The molecular formula is C78H140N2O6P+. The van der Waals surface area contributed by atoms with E-state index in [0.29, 0.717) is 17.4 Å². The molecule has 0 spiro atoms. The van der Waals surface area contributed by atoms with E-state index in [-0.39, 0.29) is 19.1 Å². The number of likely N-dealkylation sites (N-methyl/N-ethyl adjacent to an activating group) is 1. The van der Waals surface area contributed by atoms with Crippen LogP contribution in [0.5, 0.6) is 0 Å². The molecule has 0 aliphatic heterocycles. The summed E-state index contributed by atoms with van der Waals surface area (Å²) in [5, 5.41) is 14.0. The zero-order valence-corrected chi connectivity index (χ0v) is 58.4. The van der Waals surface area contributed by atoms with Gasteiger partial charge >= 0.3 is 7.82 Å².